The predicted molar refractivity (Wildman–Crippen MR) is 49.3 cm³/mol. The molecule has 0 saturated carbocycles. The molecular weight excluding hydrogens is 138 g/mol. The van der Waals surface area contributed by atoms with E-state index in [1.807, 2.05) is 6.92 Å². The molecule has 0 heterocycles. The van der Waals surface area contributed by atoms with Crippen molar-refractivity contribution in [2.24, 2.45) is 10.9 Å². The fourth-order valence-electron chi connectivity index (χ4n) is 0.613. The third-order valence-electron chi connectivity index (χ3n) is 1.64. The maximum atomic E-state index is 5.16. The molecule has 0 aromatic rings. The van der Waals surface area contributed by atoms with Crippen LogP contribution >= 0.6 is 0 Å². The number of rotatable bonds is 5. The summed E-state index contributed by atoms with van der Waals surface area (Å²) in [6, 6.07) is 0. The van der Waals surface area contributed by atoms with E-state index in [1.165, 1.54) is 5.71 Å². The number of ether oxygens (including phenoxy) is 1. The van der Waals surface area contributed by atoms with Gasteiger partial charge in [-0.25, -0.2) is 0 Å². The fourth-order valence-corrected chi connectivity index (χ4v) is 0.613. The molecule has 0 aliphatic rings. The summed E-state index contributed by atoms with van der Waals surface area (Å²) in [6.07, 6.45) is 0. The van der Waals surface area contributed by atoms with Crippen LogP contribution in [-0.2, 0) is 4.74 Å². The van der Waals surface area contributed by atoms with Crippen LogP contribution in [0.3, 0.4) is 0 Å². The van der Waals surface area contributed by atoms with Crippen molar-refractivity contribution in [2.75, 3.05) is 19.8 Å². The predicted octanol–water partition coefficient (Wildman–Crippen LogP) is 2.14. The topological polar surface area (TPSA) is 21.6 Å². The van der Waals surface area contributed by atoms with E-state index < -0.39 is 0 Å². The quantitative estimate of drug-likeness (QED) is 0.442. The van der Waals surface area contributed by atoms with Gasteiger partial charge in [-0.3, -0.25) is 4.99 Å². The zero-order valence-corrected chi connectivity index (χ0v) is 8.05. The van der Waals surface area contributed by atoms with Crippen molar-refractivity contribution < 1.29 is 4.74 Å². The van der Waals surface area contributed by atoms with Crippen LogP contribution in [0.2, 0.25) is 0 Å². The first-order valence-electron chi connectivity index (χ1n) is 4.27. The Bertz CT molecular complexity index is 119. The Morgan fingerprint density at radius 1 is 1.45 bits per heavy atom. The standard InChI is InChI=1S/C9H19NO/c1-5-11-7-6-10-9(4)8(2)3/h8H,5-7H2,1-4H3. The molecule has 0 fully saturated rings. The molecule has 0 saturated heterocycles. The van der Waals surface area contributed by atoms with Crippen LogP contribution in [0.4, 0.5) is 0 Å². The molecular formula is C9H19NO. The maximum Gasteiger partial charge on any atom is 0.0661 e. The molecule has 0 aliphatic carbocycles. The Morgan fingerprint density at radius 3 is 2.55 bits per heavy atom. The van der Waals surface area contributed by atoms with Gasteiger partial charge < -0.3 is 4.74 Å². The van der Waals surface area contributed by atoms with Crippen molar-refractivity contribution in [3.05, 3.63) is 0 Å². The average molecular weight is 157 g/mol. The molecule has 0 rings (SSSR count). The summed E-state index contributed by atoms with van der Waals surface area (Å²) >= 11 is 0. The average Bonchev–Trinajstić information content (AvgIpc) is 1.97. The summed E-state index contributed by atoms with van der Waals surface area (Å²) in [7, 11) is 0. The lowest BCUT2D eigenvalue weighted by molar-refractivity contribution is 0.155. The monoisotopic (exact) mass is 157 g/mol. The lowest BCUT2D eigenvalue weighted by Crippen LogP contribution is -2.05. The molecule has 0 unspecified atom stereocenters. The highest BCUT2D eigenvalue weighted by Gasteiger charge is 1.95. The summed E-state index contributed by atoms with van der Waals surface area (Å²) in [5, 5.41) is 0. The van der Waals surface area contributed by atoms with Gasteiger partial charge >= 0.3 is 0 Å². The highest BCUT2D eigenvalue weighted by atomic mass is 16.5. The third-order valence-corrected chi connectivity index (χ3v) is 1.64. The van der Waals surface area contributed by atoms with E-state index in [-0.39, 0.29) is 0 Å². The van der Waals surface area contributed by atoms with Crippen molar-refractivity contribution in [3.8, 4) is 0 Å². The molecule has 2 nitrogen and oxygen atoms in total. The van der Waals surface area contributed by atoms with Crippen molar-refractivity contribution >= 4 is 5.71 Å². The lowest BCUT2D eigenvalue weighted by atomic mass is 10.1. The van der Waals surface area contributed by atoms with Crippen molar-refractivity contribution in [1.29, 1.82) is 0 Å². The highest BCUT2D eigenvalue weighted by Crippen LogP contribution is 1.95. The molecule has 0 atom stereocenters. The largest absolute Gasteiger partial charge is 0.380 e. The van der Waals surface area contributed by atoms with Gasteiger partial charge in [-0.05, 0) is 19.8 Å². The Morgan fingerprint density at radius 2 is 2.09 bits per heavy atom. The van der Waals surface area contributed by atoms with Gasteiger partial charge in [0.15, 0.2) is 0 Å². The van der Waals surface area contributed by atoms with E-state index in [9.17, 15) is 0 Å². The van der Waals surface area contributed by atoms with Crippen LogP contribution in [0.1, 0.15) is 27.7 Å². The Kier molecular flexibility index (Phi) is 6.13. The minimum absolute atomic E-state index is 0.566. The fraction of sp³-hybridized carbons (Fsp3) is 0.889. The van der Waals surface area contributed by atoms with Crippen LogP contribution < -0.4 is 0 Å². The molecule has 0 N–H and O–H groups in total. The maximum absolute atomic E-state index is 5.16. The summed E-state index contributed by atoms with van der Waals surface area (Å²) in [6.45, 7) is 10.7. The molecule has 0 spiro atoms. The molecule has 0 bridgehead atoms. The van der Waals surface area contributed by atoms with E-state index in [0.29, 0.717) is 5.92 Å². The van der Waals surface area contributed by atoms with Gasteiger partial charge in [0.25, 0.3) is 0 Å². The van der Waals surface area contributed by atoms with Crippen molar-refractivity contribution in [1.82, 2.24) is 0 Å². The number of aliphatic imine (C=N–C) groups is 1. The van der Waals surface area contributed by atoms with Crippen molar-refractivity contribution in [2.45, 2.75) is 27.7 Å². The minimum Gasteiger partial charge on any atom is -0.380 e. The molecule has 0 aliphatic heterocycles. The van der Waals surface area contributed by atoms with Crippen LogP contribution in [0.5, 0.6) is 0 Å². The lowest BCUT2D eigenvalue weighted by Gasteiger charge is -2.03. The second-order valence-electron chi connectivity index (χ2n) is 2.87. The van der Waals surface area contributed by atoms with Gasteiger partial charge in [-0.15, -0.1) is 0 Å². The molecule has 2 heteroatoms. The molecule has 0 aromatic heterocycles. The van der Waals surface area contributed by atoms with Gasteiger partial charge in [0.1, 0.15) is 0 Å². The zero-order valence-electron chi connectivity index (χ0n) is 8.05. The molecule has 0 radical (unpaired) electrons. The summed E-state index contributed by atoms with van der Waals surface area (Å²) in [4.78, 5) is 4.35. The van der Waals surface area contributed by atoms with Gasteiger partial charge in [0, 0.05) is 12.3 Å². The first-order chi connectivity index (χ1) is 5.18. The molecule has 11 heavy (non-hydrogen) atoms. The van der Waals surface area contributed by atoms with E-state index in [2.05, 4.69) is 25.8 Å². The van der Waals surface area contributed by atoms with Crippen molar-refractivity contribution in [3.63, 3.8) is 0 Å². The smallest absolute Gasteiger partial charge is 0.0661 e. The number of hydrogen-bond acceptors (Lipinski definition) is 2. The second kappa shape index (κ2) is 6.35. The third kappa shape index (κ3) is 6.05. The normalized spacial score (nSPS) is 12.6. The van der Waals surface area contributed by atoms with Crippen LogP contribution in [0.25, 0.3) is 0 Å². The van der Waals surface area contributed by atoms with Crippen LogP contribution in [0.15, 0.2) is 4.99 Å². The zero-order chi connectivity index (χ0) is 8.69. The Labute approximate surface area is 69.7 Å². The SMILES string of the molecule is CCOCCN=C(C)C(C)C. The first kappa shape index (κ1) is 10.6. The Balaban J connectivity index is 3.40. The van der Waals surface area contributed by atoms with Crippen LogP contribution in [0, 0.1) is 5.92 Å². The van der Waals surface area contributed by atoms with Gasteiger partial charge in [-0.1, -0.05) is 13.8 Å². The summed E-state index contributed by atoms with van der Waals surface area (Å²) < 4.78 is 5.16. The highest BCUT2D eigenvalue weighted by molar-refractivity contribution is 5.83. The molecule has 66 valence electrons. The van der Waals surface area contributed by atoms with Crippen LogP contribution in [-0.4, -0.2) is 25.5 Å². The Hall–Kier alpha value is -0.370. The summed E-state index contributed by atoms with van der Waals surface area (Å²) in [5.41, 5.74) is 1.21. The number of nitrogens with zero attached hydrogens (tertiary/aromatic N) is 1. The van der Waals surface area contributed by atoms with Gasteiger partial charge in [-0.2, -0.15) is 0 Å². The van der Waals surface area contributed by atoms with E-state index in [0.717, 1.165) is 19.8 Å². The first-order valence-corrected chi connectivity index (χ1v) is 4.27. The van der Waals surface area contributed by atoms with Gasteiger partial charge in [0.2, 0.25) is 0 Å². The van der Waals surface area contributed by atoms with E-state index in [4.69, 9.17) is 4.74 Å². The minimum atomic E-state index is 0.566. The molecule has 0 amide bonds. The van der Waals surface area contributed by atoms with E-state index >= 15 is 0 Å². The van der Waals surface area contributed by atoms with E-state index in [1.54, 1.807) is 0 Å². The number of hydrogen-bond donors (Lipinski definition) is 0. The molecule has 0 aromatic carbocycles. The van der Waals surface area contributed by atoms with Gasteiger partial charge in [0.05, 0.1) is 13.2 Å². The summed E-state index contributed by atoms with van der Waals surface area (Å²) in [5.74, 6) is 0.566. The second-order valence-corrected chi connectivity index (χ2v) is 2.87.